The van der Waals surface area contributed by atoms with Gasteiger partial charge in [-0.25, -0.2) is 0 Å². The average molecular weight is 303 g/mol. The maximum absolute atomic E-state index is 12.6. The minimum absolute atomic E-state index is 0.102. The average Bonchev–Trinajstić information content (AvgIpc) is 3.22. The van der Waals surface area contributed by atoms with E-state index in [-0.39, 0.29) is 12.1 Å². The third-order valence-corrected chi connectivity index (χ3v) is 6.17. The van der Waals surface area contributed by atoms with Crippen molar-refractivity contribution < 1.29 is 8.42 Å². The highest BCUT2D eigenvalue weighted by molar-refractivity contribution is 7.87. The third-order valence-electron chi connectivity index (χ3n) is 4.44. The highest BCUT2D eigenvalue weighted by Gasteiger charge is 2.34. The number of hydrogen-bond donors (Lipinski definition) is 2. The lowest BCUT2D eigenvalue weighted by molar-refractivity contribution is 0.244. The molecule has 2 fully saturated rings. The standard InChI is InChI=1S/C14H29N3O2S/c1-3-13(10-12-7-8-12)16-20(18,19)17-9-5-4-6-14(17)11-15-2/h12-16H,3-11H2,1-2H3. The van der Waals surface area contributed by atoms with E-state index < -0.39 is 10.2 Å². The Bertz CT molecular complexity index is 393. The molecule has 20 heavy (non-hydrogen) atoms. The first-order chi connectivity index (χ1) is 9.56. The molecule has 2 rings (SSSR count). The van der Waals surface area contributed by atoms with Crippen LogP contribution in [0, 0.1) is 5.92 Å². The molecule has 2 atom stereocenters. The second kappa shape index (κ2) is 7.20. The Morgan fingerprint density at radius 2 is 2.00 bits per heavy atom. The summed E-state index contributed by atoms with van der Waals surface area (Å²) in [5.41, 5.74) is 0. The van der Waals surface area contributed by atoms with Crippen molar-refractivity contribution in [1.29, 1.82) is 0 Å². The quantitative estimate of drug-likeness (QED) is 0.714. The molecule has 1 aliphatic heterocycles. The molecule has 0 aromatic rings. The van der Waals surface area contributed by atoms with Gasteiger partial charge in [-0.2, -0.15) is 17.4 Å². The lowest BCUT2D eigenvalue weighted by atomic mass is 10.1. The second-order valence-corrected chi connectivity index (χ2v) is 7.88. The summed E-state index contributed by atoms with van der Waals surface area (Å²) in [7, 11) is -1.46. The molecule has 1 saturated carbocycles. The van der Waals surface area contributed by atoms with Gasteiger partial charge in [-0.1, -0.05) is 26.2 Å². The molecule has 1 aliphatic carbocycles. The van der Waals surface area contributed by atoms with Crippen molar-refractivity contribution >= 4 is 10.2 Å². The van der Waals surface area contributed by atoms with Crippen molar-refractivity contribution in [2.75, 3.05) is 20.1 Å². The molecule has 0 aromatic heterocycles. The number of hydrogen-bond acceptors (Lipinski definition) is 3. The molecule has 0 spiro atoms. The van der Waals surface area contributed by atoms with Crippen LogP contribution in [0.3, 0.4) is 0 Å². The lowest BCUT2D eigenvalue weighted by Crippen LogP contribution is -2.53. The van der Waals surface area contributed by atoms with Crippen LogP contribution in [-0.4, -0.2) is 44.9 Å². The van der Waals surface area contributed by atoms with E-state index in [1.165, 1.54) is 12.8 Å². The van der Waals surface area contributed by atoms with Crippen molar-refractivity contribution in [3.8, 4) is 0 Å². The predicted octanol–water partition coefficient (Wildman–Crippen LogP) is 1.47. The second-order valence-electron chi connectivity index (χ2n) is 6.23. The Labute approximate surface area is 123 Å². The number of likely N-dealkylation sites (N-methyl/N-ethyl adjacent to an activating group) is 1. The van der Waals surface area contributed by atoms with E-state index in [9.17, 15) is 8.42 Å². The van der Waals surface area contributed by atoms with E-state index in [0.29, 0.717) is 6.54 Å². The van der Waals surface area contributed by atoms with Gasteiger partial charge in [0.2, 0.25) is 0 Å². The summed E-state index contributed by atoms with van der Waals surface area (Å²) in [4.78, 5) is 0. The fourth-order valence-electron chi connectivity index (χ4n) is 3.06. The van der Waals surface area contributed by atoms with E-state index in [1.807, 2.05) is 7.05 Å². The summed E-state index contributed by atoms with van der Waals surface area (Å²) >= 11 is 0. The first-order valence-corrected chi connectivity index (χ1v) is 9.44. The summed E-state index contributed by atoms with van der Waals surface area (Å²) < 4.78 is 29.9. The normalized spacial score (nSPS) is 26.6. The summed E-state index contributed by atoms with van der Waals surface area (Å²) in [6.07, 6.45) is 7.47. The molecule has 0 aromatic carbocycles. The molecule has 2 unspecified atom stereocenters. The minimum Gasteiger partial charge on any atom is -0.318 e. The molecular weight excluding hydrogens is 274 g/mol. The van der Waals surface area contributed by atoms with E-state index in [0.717, 1.165) is 44.6 Å². The number of nitrogens with one attached hydrogen (secondary N) is 2. The lowest BCUT2D eigenvalue weighted by Gasteiger charge is -2.35. The fourth-order valence-corrected chi connectivity index (χ4v) is 4.82. The van der Waals surface area contributed by atoms with Gasteiger partial charge in [-0.15, -0.1) is 0 Å². The molecule has 0 bridgehead atoms. The van der Waals surface area contributed by atoms with Crippen LogP contribution in [0.15, 0.2) is 0 Å². The smallest absolute Gasteiger partial charge is 0.279 e. The molecule has 118 valence electrons. The van der Waals surface area contributed by atoms with Crippen LogP contribution in [0.4, 0.5) is 0 Å². The summed E-state index contributed by atoms with van der Waals surface area (Å²) in [6.45, 7) is 3.46. The maximum atomic E-state index is 12.6. The van der Waals surface area contributed by atoms with Crippen molar-refractivity contribution in [2.24, 2.45) is 5.92 Å². The van der Waals surface area contributed by atoms with Gasteiger partial charge < -0.3 is 5.32 Å². The molecule has 1 heterocycles. The fraction of sp³-hybridized carbons (Fsp3) is 1.00. The van der Waals surface area contributed by atoms with Gasteiger partial charge in [0.25, 0.3) is 10.2 Å². The van der Waals surface area contributed by atoms with Crippen LogP contribution < -0.4 is 10.0 Å². The zero-order valence-corrected chi connectivity index (χ0v) is 13.6. The van der Waals surface area contributed by atoms with Crippen LogP contribution in [0.1, 0.15) is 51.9 Å². The van der Waals surface area contributed by atoms with Crippen molar-refractivity contribution in [3.05, 3.63) is 0 Å². The first kappa shape index (κ1) is 16.2. The topological polar surface area (TPSA) is 61.4 Å². The largest absolute Gasteiger partial charge is 0.318 e. The Kier molecular flexibility index (Phi) is 5.84. The molecule has 2 aliphatic rings. The molecular formula is C14H29N3O2S. The summed E-state index contributed by atoms with van der Waals surface area (Å²) in [5, 5.41) is 3.12. The maximum Gasteiger partial charge on any atom is 0.279 e. The number of piperidine rings is 1. The predicted molar refractivity (Wildman–Crippen MR) is 81.7 cm³/mol. The highest BCUT2D eigenvalue weighted by atomic mass is 32.2. The molecule has 0 amide bonds. The minimum atomic E-state index is -3.34. The molecule has 0 radical (unpaired) electrons. The van der Waals surface area contributed by atoms with Gasteiger partial charge in [0.1, 0.15) is 0 Å². The van der Waals surface area contributed by atoms with Crippen LogP contribution in [0.25, 0.3) is 0 Å². The van der Waals surface area contributed by atoms with Crippen molar-refractivity contribution in [2.45, 2.75) is 64.0 Å². The Balaban J connectivity index is 1.98. The van der Waals surface area contributed by atoms with Gasteiger partial charge in [0.15, 0.2) is 0 Å². The Morgan fingerprint density at radius 1 is 1.25 bits per heavy atom. The zero-order valence-electron chi connectivity index (χ0n) is 12.8. The summed E-state index contributed by atoms with van der Waals surface area (Å²) in [5.74, 6) is 0.747. The molecule has 5 nitrogen and oxygen atoms in total. The summed E-state index contributed by atoms with van der Waals surface area (Å²) in [6, 6.07) is 0.203. The van der Waals surface area contributed by atoms with Gasteiger partial charge in [-0.05, 0) is 38.6 Å². The van der Waals surface area contributed by atoms with E-state index >= 15 is 0 Å². The monoisotopic (exact) mass is 303 g/mol. The number of rotatable bonds is 8. The molecule has 1 saturated heterocycles. The number of nitrogens with zero attached hydrogens (tertiary/aromatic N) is 1. The zero-order chi connectivity index (χ0) is 14.6. The van der Waals surface area contributed by atoms with Crippen LogP contribution in [-0.2, 0) is 10.2 Å². The first-order valence-electron chi connectivity index (χ1n) is 8.00. The Morgan fingerprint density at radius 3 is 2.60 bits per heavy atom. The van der Waals surface area contributed by atoms with E-state index in [4.69, 9.17) is 0 Å². The van der Waals surface area contributed by atoms with E-state index in [1.54, 1.807) is 4.31 Å². The molecule has 2 N–H and O–H groups in total. The SMILES string of the molecule is CCC(CC1CC1)NS(=O)(=O)N1CCCCC1CNC. The highest BCUT2D eigenvalue weighted by Crippen LogP contribution is 2.34. The van der Waals surface area contributed by atoms with Gasteiger partial charge in [0.05, 0.1) is 0 Å². The van der Waals surface area contributed by atoms with Crippen LogP contribution >= 0.6 is 0 Å². The van der Waals surface area contributed by atoms with Gasteiger partial charge >= 0.3 is 0 Å². The van der Waals surface area contributed by atoms with Crippen molar-refractivity contribution in [1.82, 2.24) is 14.3 Å². The van der Waals surface area contributed by atoms with E-state index in [2.05, 4.69) is 17.0 Å². The third kappa shape index (κ3) is 4.41. The Hall–Kier alpha value is -0.170. The van der Waals surface area contributed by atoms with Gasteiger partial charge in [-0.3, -0.25) is 0 Å². The van der Waals surface area contributed by atoms with Gasteiger partial charge in [0, 0.05) is 25.2 Å². The van der Waals surface area contributed by atoms with Crippen LogP contribution in [0.2, 0.25) is 0 Å². The molecule has 6 heteroatoms. The van der Waals surface area contributed by atoms with Crippen LogP contribution in [0.5, 0.6) is 0 Å². The van der Waals surface area contributed by atoms with Crippen molar-refractivity contribution in [3.63, 3.8) is 0 Å².